The van der Waals surface area contributed by atoms with Crippen molar-refractivity contribution >= 4 is 0 Å². The lowest BCUT2D eigenvalue weighted by molar-refractivity contribution is -0.278. The average molecular weight is 280 g/mol. The maximum atomic E-state index is 13.5. The van der Waals surface area contributed by atoms with E-state index in [0.717, 1.165) is 31.2 Å². The molecule has 1 saturated heterocycles. The van der Waals surface area contributed by atoms with E-state index in [-0.39, 0.29) is 23.9 Å². The summed E-state index contributed by atoms with van der Waals surface area (Å²) in [5, 5.41) is 0. The maximum Gasteiger partial charge on any atom is 0.174 e. The fraction of sp³-hybridized carbons (Fsp3) is 0.625. The molecule has 1 heterocycles. The van der Waals surface area contributed by atoms with Crippen LogP contribution in [-0.4, -0.2) is 26.3 Å². The molecule has 4 heteroatoms. The third-order valence-corrected chi connectivity index (χ3v) is 4.75. The highest BCUT2D eigenvalue weighted by Gasteiger charge is 2.54. The third kappa shape index (κ3) is 2.26. The Kier molecular flexibility index (Phi) is 3.80. The molecule has 3 rings (SSSR count). The minimum Gasteiger partial charge on any atom is -0.356 e. The van der Waals surface area contributed by atoms with Crippen molar-refractivity contribution in [3.8, 4) is 0 Å². The molecule has 1 aromatic rings. The van der Waals surface area contributed by atoms with Gasteiger partial charge in [-0.15, -0.1) is 0 Å². The van der Waals surface area contributed by atoms with Crippen LogP contribution in [0.2, 0.25) is 0 Å². The lowest BCUT2D eigenvalue weighted by atomic mass is 9.71. The fourth-order valence-electron chi connectivity index (χ4n) is 3.81. The highest BCUT2D eigenvalue weighted by atomic mass is 19.1. The number of methoxy groups -OCH3 is 2. The molecule has 1 aliphatic heterocycles. The fourth-order valence-corrected chi connectivity index (χ4v) is 3.81. The van der Waals surface area contributed by atoms with E-state index in [0.29, 0.717) is 0 Å². The van der Waals surface area contributed by atoms with Gasteiger partial charge in [-0.3, -0.25) is 0 Å². The first-order valence-corrected chi connectivity index (χ1v) is 7.20. The number of halogens is 1. The summed E-state index contributed by atoms with van der Waals surface area (Å²) in [5.41, 5.74) is 1.04. The molecule has 0 radical (unpaired) electrons. The van der Waals surface area contributed by atoms with Crippen molar-refractivity contribution in [2.75, 3.05) is 14.2 Å². The Morgan fingerprint density at radius 3 is 2.90 bits per heavy atom. The third-order valence-electron chi connectivity index (χ3n) is 4.75. The molecule has 20 heavy (non-hydrogen) atoms. The number of rotatable bonds is 3. The molecule has 4 atom stereocenters. The van der Waals surface area contributed by atoms with E-state index in [1.54, 1.807) is 26.4 Å². The van der Waals surface area contributed by atoms with Crippen LogP contribution in [0.5, 0.6) is 0 Å². The Morgan fingerprint density at radius 2 is 2.20 bits per heavy atom. The smallest absolute Gasteiger partial charge is 0.174 e. The lowest BCUT2D eigenvalue weighted by Crippen LogP contribution is -2.43. The molecular weight excluding hydrogens is 259 g/mol. The van der Waals surface area contributed by atoms with Crippen LogP contribution in [0, 0.1) is 11.7 Å². The molecule has 0 bridgehead atoms. The normalized spacial score (nSPS) is 36.9. The van der Waals surface area contributed by atoms with Gasteiger partial charge in [0.25, 0.3) is 0 Å². The number of hydrogen-bond donors (Lipinski definition) is 0. The van der Waals surface area contributed by atoms with Gasteiger partial charge in [0.2, 0.25) is 0 Å². The summed E-state index contributed by atoms with van der Waals surface area (Å²) in [6, 6.07) is 6.90. The van der Waals surface area contributed by atoms with Gasteiger partial charge in [0, 0.05) is 33.0 Å². The Balaban J connectivity index is 1.92. The summed E-state index contributed by atoms with van der Waals surface area (Å²) in [4.78, 5) is 0. The minimum absolute atomic E-state index is 0.182. The molecule has 1 aromatic carbocycles. The highest BCUT2D eigenvalue weighted by Crippen LogP contribution is 2.52. The molecule has 4 unspecified atom stereocenters. The Hall–Kier alpha value is -0.970. The molecule has 1 aliphatic carbocycles. The van der Waals surface area contributed by atoms with Crippen LogP contribution >= 0.6 is 0 Å². The Bertz CT molecular complexity index is 479. The number of ether oxygens (including phenoxy) is 3. The minimum atomic E-state index is -0.574. The molecule has 0 aromatic heterocycles. The summed E-state index contributed by atoms with van der Waals surface area (Å²) < 4.78 is 30.6. The first kappa shape index (κ1) is 14.0. The van der Waals surface area contributed by atoms with E-state index in [4.69, 9.17) is 14.2 Å². The molecule has 110 valence electrons. The Morgan fingerprint density at radius 1 is 1.35 bits per heavy atom. The van der Waals surface area contributed by atoms with Gasteiger partial charge in [0.05, 0.1) is 0 Å². The van der Waals surface area contributed by atoms with Gasteiger partial charge in [-0.2, -0.15) is 0 Å². The molecule has 1 saturated carbocycles. The predicted octanol–water partition coefficient (Wildman–Crippen LogP) is 3.44. The van der Waals surface area contributed by atoms with Crippen molar-refractivity contribution < 1.29 is 18.6 Å². The molecule has 0 N–H and O–H groups in total. The van der Waals surface area contributed by atoms with Crippen molar-refractivity contribution in [3.63, 3.8) is 0 Å². The van der Waals surface area contributed by atoms with Gasteiger partial charge < -0.3 is 14.2 Å². The summed E-state index contributed by atoms with van der Waals surface area (Å²) in [7, 11) is 3.35. The van der Waals surface area contributed by atoms with Gasteiger partial charge in [-0.1, -0.05) is 12.1 Å². The van der Waals surface area contributed by atoms with Gasteiger partial charge in [-0.25, -0.2) is 4.39 Å². The highest BCUT2D eigenvalue weighted by molar-refractivity contribution is 5.23. The SMILES string of the molecule is COC1CC2C(c3cccc(F)c3)CCCC2(OC)O1. The van der Waals surface area contributed by atoms with E-state index in [1.165, 1.54) is 6.07 Å². The molecule has 0 spiro atoms. The second-order valence-electron chi connectivity index (χ2n) is 5.69. The zero-order valence-electron chi connectivity index (χ0n) is 12.0. The summed E-state index contributed by atoms with van der Waals surface area (Å²) in [5.74, 6) is -0.276. The summed E-state index contributed by atoms with van der Waals surface area (Å²) >= 11 is 0. The molecule has 3 nitrogen and oxygen atoms in total. The van der Waals surface area contributed by atoms with Gasteiger partial charge in [0.1, 0.15) is 5.82 Å². The van der Waals surface area contributed by atoms with Crippen LogP contribution in [0.25, 0.3) is 0 Å². The second-order valence-corrected chi connectivity index (χ2v) is 5.69. The van der Waals surface area contributed by atoms with Crippen LogP contribution in [0.1, 0.15) is 37.2 Å². The van der Waals surface area contributed by atoms with Gasteiger partial charge in [-0.05, 0) is 36.5 Å². The van der Waals surface area contributed by atoms with E-state index < -0.39 is 5.79 Å². The summed E-state index contributed by atoms with van der Waals surface area (Å²) in [6.45, 7) is 0. The Labute approximate surface area is 119 Å². The number of fused-ring (bicyclic) bond motifs is 1. The number of benzene rings is 1. The zero-order valence-corrected chi connectivity index (χ0v) is 12.0. The zero-order chi connectivity index (χ0) is 14.2. The van der Waals surface area contributed by atoms with Crippen molar-refractivity contribution in [1.82, 2.24) is 0 Å². The van der Waals surface area contributed by atoms with E-state index >= 15 is 0 Å². The van der Waals surface area contributed by atoms with Crippen LogP contribution in [0.15, 0.2) is 24.3 Å². The van der Waals surface area contributed by atoms with Crippen LogP contribution in [0.3, 0.4) is 0 Å². The molecule has 0 amide bonds. The van der Waals surface area contributed by atoms with Crippen LogP contribution < -0.4 is 0 Å². The molecular formula is C16H21FO3. The van der Waals surface area contributed by atoms with Crippen molar-refractivity contribution in [2.24, 2.45) is 5.92 Å². The van der Waals surface area contributed by atoms with Crippen LogP contribution in [0.4, 0.5) is 4.39 Å². The average Bonchev–Trinajstić information content (AvgIpc) is 2.86. The van der Waals surface area contributed by atoms with Gasteiger partial charge in [0.15, 0.2) is 12.1 Å². The topological polar surface area (TPSA) is 27.7 Å². The van der Waals surface area contributed by atoms with E-state index in [2.05, 4.69) is 0 Å². The van der Waals surface area contributed by atoms with Crippen molar-refractivity contribution in [2.45, 2.75) is 43.7 Å². The first-order chi connectivity index (χ1) is 9.68. The monoisotopic (exact) mass is 280 g/mol. The first-order valence-electron chi connectivity index (χ1n) is 7.20. The van der Waals surface area contributed by atoms with E-state index in [9.17, 15) is 4.39 Å². The molecule has 2 fully saturated rings. The standard InChI is InChI=1S/C16H21FO3/c1-18-15-10-14-13(11-5-3-6-12(17)9-11)7-4-8-16(14,19-2)20-15/h3,5-6,9,13-15H,4,7-8,10H2,1-2H3. The van der Waals surface area contributed by atoms with Gasteiger partial charge >= 0.3 is 0 Å². The summed E-state index contributed by atoms with van der Waals surface area (Å²) in [6.07, 6.45) is 3.50. The van der Waals surface area contributed by atoms with Crippen molar-refractivity contribution in [3.05, 3.63) is 35.6 Å². The van der Waals surface area contributed by atoms with E-state index in [1.807, 2.05) is 6.07 Å². The maximum absolute atomic E-state index is 13.5. The number of hydrogen-bond acceptors (Lipinski definition) is 3. The quantitative estimate of drug-likeness (QED) is 0.849. The second kappa shape index (κ2) is 5.43. The van der Waals surface area contributed by atoms with Crippen LogP contribution in [-0.2, 0) is 14.2 Å². The molecule has 2 aliphatic rings. The van der Waals surface area contributed by atoms with Crippen molar-refractivity contribution in [1.29, 1.82) is 0 Å². The lowest BCUT2D eigenvalue weighted by Gasteiger charge is -2.41. The largest absolute Gasteiger partial charge is 0.356 e. The predicted molar refractivity (Wildman–Crippen MR) is 72.7 cm³/mol.